The number of benzene rings is 1. The average Bonchev–Trinajstić information content (AvgIpc) is 2.19. The van der Waals surface area contributed by atoms with Gasteiger partial charge in [0, 0.05) is 6.04 Å². The molecule has 1 rings (SSSR count). The van der Waals surface area contributed by atoms with Crippen molar-refractivity contribution in [1.29, 1.82) is 0 Å². The molecule has 1 aromatic carbocycles. The summed E-state index contributed by atoms with van der Waals surface area (Å²) < 4.78 is 10.6. The zero-order valence-electron chi connectivity index (χ0n) is 10.2. The summed E-state index contributed by atoms with van der Waals surface area (Å²) in [5, 5.41) is 0. The Balaban J connectivity index is 0.00000225. The van der Waals surface area contributed by atoms with Gasteiger partial charge in [-0.25, -0.2) is 0 Å². The van der Waals surface area contributed by atoms with Crippen molar-refractivity contribution in [2.24, 2.45) is 5.73 Å². The molecule has 2 N–H and O–H groups in total. The number of aryl methyl sites for hydroxylation is 1. The summed E-state index contributed by atoms with van der Waals surface area (Å²) in [5.74, 6) is 1.76. The Labute approximate surface area is 103 Å². The molecule has 0 bridgehead atoms. The summed E-state index contributed by atoms with van der Waals surface area (Å²) in [6.45, 7) is 3.97. The van der Waals surface area contributed by atoms with Crippen molar-refractivity contribution in [3.05, 3.63) is 23.3 Å². The SMILES string of the molecule is COc1cc(CC(C)N)c(OC)cc1C.Cl. The van der Waals surface area contributed by atoms with Gasteiger partial charge in [-0.2, -0.15) is 0 Å². The number of halogens is 1. The van der Waals surface area contributed by atoms with E-state index in [9.17, 15) is 0 Å². The molecule has 16 heavy (non-hydrogen) atoms. The normalized spacial score (nSPS) is 11.6. The van der Waals surface area contributed by atoms with Crippen LogP contribution in [0.4, 0.5) is 0 Å². The van der Waals surface area contributed by atoms with Gasteiger partial charge in [0.1, 0.15) is 11.5 Å². The highest BCUT2D eigenvalue weighted by Gasteiger charge is 2.09. The van der Waals surface area contributed by atoms with Crippen LogP contribution in [0.1, 0.15) is 18.1 Å². The molecular weight excluding hydrogens is 226 g/mol. The molecule has 0 aromatic heterocycles. The molecule has 0 aliphatic rings. The van der Waals surface area contributed by atoms with E-state index < -0.39 is 0 Å². The third-order valence-corrected chi connectivity index (χ3v) is 2.34. The molecule has 0 amide bonds. The van der Waals surface area contributed by atoms with Crippen LogP contribution >= 0.6 is 12.4 Å². The van der Waals surface area contributed by atoms with Gasteiger partial charge in [-0.15, -0.1) is 12.4 Å². The summed E-state index contributed by atoms with van der Waals surface area (Å²) in [6, 6.07) is 4.10. The van der Waals surface area contributed by atoms with E-state index in [0.717, 1.165) is 29.0 Å². The summed E-state index contributed by atoms with van der Waals surface area (Å²) >= 11 is 0. The van der Waals surface area contributed by atoms with Crippen molar-refractivity contribution in [2.45, 2.75) is 26.3 Å². The van der Waals surface area contributed by atoms with Crippen LogP contribution in [0.3, 0.4) is 0 Å². The first kappa shape index (κ1) is 15.1. The smallest absolute Gasteiger partial charge is 0.122 e. The highest BCUT2D eigenvalue weighted by molar-refractivity contribution is 5.85. The van der Waals surface area contributed by atoms with E-state index >= 15 is 0 Å². The van der Waals surface area contributed by atoms with Crippen LogP contribution in [-0.4, -0.2) is 20.3 Å². The number of hydrogen-bond donors (Lipinski definition) is 1. The molecule has 3 nitrogen and oxygen atoms in total. The molecule has 0 fully saturated rings. The fourth-order valence-corrected chi connectivity index (χ4v) is 1.62. The lowest BCUT2D eigenvalue weighted by Crippen LogP contribution is -2.18. The van der Waals surface area contributed by atoms with Gasteiger partial charge in [0.05, 0.1) is 14.2 Å². The lowest BCUT2D eigenvalue weighted by Gasteiger charge is -2.14. The molecule has 0 aliphatic heterocycles. The Morgan fingerprint density at radius 2 is 1.75 bits per heavy atom. The van der Waals surface area contributed by atoms with E-state index in [1.807, 2.05) is 26.0 Å². The van der Waals surface area contributed by atoms with E-state index in [4.69, 9.17) is 15.2 Å². The monoisotopic (exact) mass is 245 g/mol. The van der Waals surface area contributed by atoms with E-state index in [1.54, 1.807) is 14.2 Å². The van der Waals surface area contributed by atoms with Gasteiger partial charge < -0.3 is 15.2 Å². The number of ether oxygens (including phenoxy) is 2. The largest absolute Gasteiger partial charge is 0.496 e. The second kappa shape index (κ2) is 6.61. The van der Waals surface area contributed by atoms with E-state index in [2.05, 4.69) is 0 Å². The van der Waals surface area contributed by atoms with Crippen molar-refractivity contribution in [3.8, 4) is 11.5 Å². The maximum absolute atomic E-state index is 5.78. The lowest BCUT2D eigenvalue weighted by molar-refractivity contribution is 0.395. The summed E-state index contributed by atoms with van der Waals surface area (Å²) in [7, 11) is 3.34. The van der Waals surface area contributed by atoms with Crippen LogP contribution in [-0.2, 0) is 6.42 Å². The fraction of sp³-hybridized carbons (Fsp3) is 0.500. The van der Waals surface area contributed by atoms with Crippen molar-refractivity contribution < 1.29 is 9.47 Å². The van der Waals surface area contributed by atoms with E-state index in [-0.39, 0.29) is 18.4 Å². The van der Waals surface area contributed by atoms with Gasteiger partial charge in [0.2, 0.25) is 0 Å². The van der Waals surface area contributed by atoms with E-state index in [1.165, 1.54) is 0 Å². The van der Waals surface area contributed by atoms with Gasteiger partial charge >= 0.3 is 0 Å². The van der Waals surface area contributed by atoms with Crippen LogP contribution in [0.25, 0.3) is 0 Å². The molecule has 92 valence electrons. The molecule has 0 radical (unpaired) electrons. The predicted octanol–water partition coefficient (Wildman–Crippen LogP) is 2.32. The third-order valence-electron chi connectivity index (χ3n) is 2.34. The standard InChI is InChI=1S/C12H19NO2.ClH/c1-8-5-12(15-4)10(6-9(2)13)7-11(8)14-3;/h5,7,9H,6,13H2,1-4H3;1H. The van der Waals surface area contributed by atoms with Crippen LogP contribution in [0, 0.1) is 6.92 Å². The van der Waals surface area contributed by atoms with Gasteiger partial charge in [-0.3, -0.25) is 0 Å². The van der Waals surface area contributed by atoms with Crippen molar-refractivity contribution in [3.63, 3.8) is 0 Å². The quantitative estimate of drug-likeness (QED) is 0.886. The molecule has 1 atom stereocenters. The summed E-state index contributed by atoms with van der Waals surface area (Å²) in [5.41, 5.74) is 7.95. The maximum Gasteiger partial charge on any atom is 0.122 e. The first-order valence-corrected chi connectivity index (χ1v) is 5.05. The average molecular weight is 246 g/mol. The van der Waals surface area contributed by atoms with Crippen LogP contribution < -0.4 is 15.2 Å². The molecule has 0 saturated heterocycles. The van der Waals surface area contributed by atoms with Gasteiger partial charge in [0.25, 0.3) is 0 Å². The van der Waals surface area contributed by atoms with Gasteiger partial charge in [-0.1, -0.05) is 0 Å². The minimum atomic E-state index is 0. The first-order chi connectivity index (χ1) is 7.08. The number of methoxy groups -OCH3 is 2. The van der Waals surface area contributed by atoms with Gasteiger partial charge in [0.15, 0.2) is 0 Å². The van der Waals surface area contributed by atoms with Gasteiger partial charge in [-0.05, 0) is 43.5 Å². The van der Waals surface area contributed by atoms with Crippen molar-refractivity contribution in [2.75, 3.05) is 14.2 Å². The lowest BCUT2D eigenvalue weighted by atomic mass is 10.0. The van der Waals surface area contributed by atoms with Crippen molar-refractivity contribution in [1.82, 2.24) is 0 Å². The molecule has 0 heterocycles. The topological polar surface area (TPSA) is 44.5 Å². The molecule has 0 aliphatic carbocycles. The van der Waals surface area contributed by atoms with Crippen LogP contribution in [0.2, 0.25) is 0 Å². The highest BCUT2D eigenvalue weighted by atomic mass is 35.5. The number of hydrogen-bond acceptors (Lipinski definition) is 3. The minimum Gasteiger partial charge on any atom is -0.496 e. The summed E-state index contributed by atoms with van der Waals surface area (Å²) in [6.07, 6.45) is 0.791. The molecule has 0 saturated carbocycles. The Kier molecular flexibility index (Phi) is 6.22. The number of rotatable bonds is 4. The molecule has 1 aromatic rings. The highest BCUT2D eigenvalue weighted by Crippen LogP contribution is 2.28. The number of nitrogens with two attached hydrogens (primary N) is 1. The second-order valence-corrected chi connectivity index (χ2v) is 3.82. The molecular formula is C12H20ClNO2. The first-order valence-electron chi connectivity index (χ1n) is 5.05. The fourth-order valence-electron chi connectivity index (χ4n) is 1.62. The Morgan fingerprint density at radius 3 is 2.19 bits per heavy atom. The second-order valence-electron chi connectivity index (χ2n) is 3.82. The van der Waals surface area contributed by atoms with Crippen LogP contribution in [0.15, 0.2) is 12.1 Å². The van der Waals surface area contributed by atoms with Crippen LogP contribution in [0.5, 0.6) is 11.5 Å². The summed E-state index contributed by atoms with van der Waals surface area (Å²) in [4.78, 5) is 0. The molecule has 0 spiro atoms. The third kappa shape index (κ3) is 3.58. The Hall–Kier alpha value is -0.930. The molecule has 4 heteroatoms. The Morgan fingerprint density at radius 1 is 1.19 bits per heavy atom. The molecule has 1 unspecified atom stereocenters. The maximum atomic E-state index is 5.78. The van der Waals surface area contributed by atoms with Crippen molar-refractivity contribution >= 4 is 12.4 Å². The Bertz CT molecular complexity index is 340. The predicted molar refractivity (Wildman–Crippen MR) is 68.9 cm³/mol. The minimum absolute atomic E-state index is 0. The zero-order valence-corrected chi connectivity index (χ0v) is 11.1. The zero-order chi connectivity index (χ0) is 11.4. The van der Waals surface area contributed by atoms with E-state index in [0.29, 0.717) is 0 Å².